The fourth-order valence-corrected chi connectivity index (χ4v) is 3.24. The summed E-state index contributed by atoms with van der Waals surface area (Å²) in [5, 5.41) is 17.9. The first-order chi connectivity index (χ1) is 14.7. The maximum Gasteiger partial charge on any atom is 0.338 e. The Bertz CT molecular complexity index is 1050. The van der Waals surface area contributed by atoms with Crippen LogP contribution in [-0.2, 0) is 8.53 Å². The molecule has 0 unspecified atom stereocenters. The summed E-state index contributed by atoms with van der Waals surface area (Å²) >= 11 is 17.6. The number of halogens is 3. The smallest absolute Gasteiger partial charge is 0.338 e. The minimum Gasteiger partial charge on any atom is -0.460 e. The van der Waals surface area contributed by atoms with Crippen molar-refractivity contribution in [2.24, 2.45) is 0 Å². The minimum absolute atomic E-state index is 0.0499. The maximum atomic E-state index is 12.4. The van der Waals surface area contributed by atoms with Crippen LogP contribution in [0.5, 0.6) is 0 Å². The van der Waals surface area contributed by atoms with Gasteiger partial charge in [0.05, 0.1) is 12.1 Å². The predicted octanol–water partition coefficient (Wildman–Crippen LogP) is 5.94. The summed E-state index contributed by atoms with van der Waals surface area (Å²) in [6.45, 7) is 5.28. The van der Waals surface area contributed by atoms with E-state index in [0.717, 1.165) is 16.8 Å². The number of ether oxygens (including phenoxy) is 1. The van der Waals surface area contributed by atoms with Crippen LogP contribution in [0.15, 0.2) is 48.0 Å². The van der Waals surface area contributed by atoms with Crippen LogP contribution in [-0.4, -0.2) is 25.7 Å². The molecule has 0 spiro atoms. The molecule has 0 aliphatic heterocycles. The molecule has 0 saturated carbocycles. The molecule has 0 aliphatic rings. The van der Waals surface area contributed by atoms with Crippen LogP contribution in [0.2, 0.25) is 0 Å². The lowest BCUT2D eigenvalue weighted by Gasteiger charge is -2.24. The second-order valence-corrected chi connectivity index (χ2v) is 8.90. The van der Waals surface area contributed by atoms with Crippen LogP contribution in [0.3, 0.4) is 0 Å². The van der Waals surface area contributed by atoms with Gasteiger partial charge in [0.2, 0.25) is 3.79 Å². The number of nitrogens with zero attached hydrogens (tertiary/aromatic N) is 3. The Morgan fingerprint density at radius 1 is 1.16 bits per heavy atom. The monoisotopic (exact) mass is 475 g/mol. The molecule has 160 valence electrons. The predicted molar refractivity (Wildman–Crippen MR) is 124 cm³/mol. The number of allylic oxidation sites excluding steroid dienone is 1. The van der Waals surface area contributed by atoms with Gasteiger partial charge in [0, 0.05) is 17.8 Å². The number of carbonyl (C=O) groups is 1. The van der Waals surface area contributed by atoms with Gasteiger partial charge in [0.1, 0.15) is 24.3 Å². The van der Waals surface area contributed by atoms with Crippen LogP contribution in [0, 0.1) is 29.6 Å². The van der Waals surface area contributed by atoms with Crippen molar-refractivity contribution in [3.8, 4) is 12.1 Å². The number of alkyl halides is 3. The van der Waals surface area contributed by atoms with Gasteiger partial charge in [-0.25, -0.2) is 4.79 Å². The molecule has 0 radical (unpaired) electrons. The molecule has 0 N–H and O–H groups in total. The first-order valence-electron chi connectivity index (χ1n) is 9.41. The van der Waals surface area contributed by atoms with Gasteiger partial charge in [-0.3, -0.25) is 0 Å². The summed E-state index contributed by atoms with van der Waals surface area (Å²) in [4.78, 5) is 14.4. The molecule has 0 bridgehead atoms. The molecule has 31 heavy (non-hydrogen) atoms. The van der Waals surface area contributed by atoms with E-state index >= 15 is 0 Å². The van der Waals surface area contributed by atoms with Gasteiger partial charge in [-0.1, -0.05) is 53.0 Å². The zero-order valence-electron chi connectivity index (χ0n) is 17.0. The Hall–Kier alpha value is -2.70. The number of hydrogen-bond donors (Lipinski definition) is 0. The van der Waals surface area contributed by atoms with Gasteiger partial charge in [0.25, 0.3) is 0 Å². The van der Waals surface area contributed by atoms with E-state index in [2.05, 4.69) is 4.90 Å². The van der Waals surface area contributed by atoms with Crippen molar-refractivity contribution in [3.63, 3.8) is 0 Å². The molecule has 2 aromatic rings. The Labute approximate surface area is 197 Å². The molecule has 2 rings (SSSR count). The SMILES string of the molecule is CCN(CCOC(=O)c1cccc(C(Cl)(Cl)Cl)c1)c1ccc(C=C(C#N)C#N)c(C)c1. The molecule has 0 heterocycles. The molecular formula is C23H20Cl3N3O2. The Kier molecular flexibility index (Phi) is 8.77. The lowest BCUT2D eigenvalue weighted by atomic mass is 10.0. The van der Waals surface area contributed by atoms with Crippen molar-refractivity contribution in [1.29, 1.82) is 10.5 Å². The third-order valence-electron chi connectivity index (χ3n) is 4.56. The zero-order valence-corrected chi connectivity index (χ0v) is 19.3. The summed E-state index contributed by atoms with van der Waals surface area (Å²) in [6.07, 6.45) is 1.56. The lowest BCUT2D eigenvalue weighted by molar-refractivity contribution is 0.0515. The number of anilines is 1. The largest absolute Gasteiger partial charge is 0.460 e. The van der Waals surface area contributed by atoms with Crippen molar-refractivity contribution in [1.82, 2.24) is 0 Å². The van der Waals surface area contributed by atoms with Crippen LogP contribution in [0.4, 0.5) is 5.69 Å². The van der Waals surface area contributed by atoms with Crippen LogP contribution in [0.1, 0.15) is 34.0 Å². The van der Waals surface area contributed by atoms with Crippen LogP contribution in [0.25, 0.3) is 6.08 Å². The highest BCUT2D eigenvalue weighted by Gasteiger charge is 2.23. The molecule has 2 aromatic carbocycles. The second-order valence-electron chi connectivity index (χ2n) is 6.62. The molecule has 0 atom stereocenters. The van der Waals surface area contributed by atoms with E-state index in [9.17, 15) is 4.79 Å². The van der Waals surface area contributed by atoms with Crippen molar-refractivity contribution >= 4 is 52.5 Å². The highest BCUT2D eigenvalue weighted by Crippen LogP contribution is 2.38. The van der Waals surface area contributed by atoms with Crippen molar-refractivity contribution in [3.05, 3.63) is 70.3 Å². The van der Waals surface area contributed by atoms with Gasteiger partial charge in [-0.05, 0) is 55.3 Å². The molecule has 0 aromatic heterocycles. The van der Waals surface area contributed by atoms with E-state index < -0.39 is 9.76 Å². The Balaban J connectivity index is 2.04. The number of likely N-dealkylation sites (N-methyl/N-ethyl adjacent to an activating group) is 1. The lowest BCUT2D eigenvalue weighted by Crippen LogP contribution is -2.28. The standard InChI is InChI=1S/C23H20Cl3N3O2/c1-3-29(21-8-7-18(16(2)11-21)12-17(14-27)15-28)9-10-31-22(30)19-5-4-6-20(13-19)23(24,25)26/h4-8,11-13H,3,9-10H2,1-2H3. The van der Waals surface area contributed by atoms with Gasteiger partial charge >= 0.3 is 5.97 Å². The van der Waals surface area contributed by atoms with Gasteiger partial charge in [0.15, 0.2) is 0 Å². The minimum atomic E-state index is -1.62. The van der Waals surface area contributed by atoms with E-state index in [1.807, 2.05) is 44.2 Å². The van der Waals surface area contributed by atoms with E-state index in [1.54, 1.807) is 24.3 Å². The normalized spacial score (nSPS) is 10.5. The molecule has 0 fully saturated rings. The first-order valence-corrected chi connectivity index (χ1v) is 10.5. The molecule has 5 nitrogen and oxygen atoms in total. The van der Waals surface area contributed by atoms with Gasteiger partial charge in [-0.15, -0.1) is 0 Å². The van der Waals surface area contributed by atoms with Gasteiger partial charge < -0.3 is 9.64 Å². The average molecular weight is 477 g/mol. The number of aryl methyl sites for hydroxylation is 1. The van der Waals surface area contributed by atoms with E-state index in [0.29, 0.717) is 24.2 Å². The van der Waals surface area contributed by atoms with E-state index in [1.165, 1.54) is 6.07 Å². The number of nitriles is 2. The molecule has 8 heteroatoms. The van der Waals surface area contributed by atoms with E-state index in [-0.39, 0.29) is 12.2 Å². The number of carbonyl (C=O) groups excluding carboxylic acids is 1. The van der Waals surface area contributed by atoms with Crippen LogP contribution < -0.4 is 4.90 Å². The number of esters is 1. The third-order valence-corrected chi connectivity index (χ3v) is 5.22. The molecule has 0 saturated heterocycles. The quantitative estimate of drug-likeness (QED) is 0.281. The fourth-order valence-electron chi connectivity index (χ4n) is 2.89. The third kappa shape index (κ3) is 6.91. The van der Waals surface area contributed by atoms with Crippen molar-refractivity contribution in [2.75, 3.05) is 24.6 Å². The summed E-state index contributed by atoms with van der Waals surface area (Å²) in [6, 6.07) is 15.8. The average Bonchev–Trinajstić information content (AvgIpc) is 2.75. The molecule has 0 amide bonds. The Morgan fingerprint density at radius 3 is 2.45 bits per heavy atom. The number of benzene rings is 2. The highest BCUT2D eigenvalue weighted by molar-refractivity contribution is 6.66. The summed E-state index contributed by atoms with van der Waals surface area (Å²) in [5.41, 5.74) is 3.43. The zero-order chi connectivity index (χ0) is 23.0. The molecule has 0 aliphatic carbocycles. The summed E-state index contributed by atoms with van der Waals surface area (Å²) in [7, 11) is 0. The molecular weight excluding hydrogens is 457 g/mol. The highest BCUT2D eigenvalue weighted by atomic mass is 35.6. The first kappa shape index (κ1) is 24.6. The number of rotatable bonds is 7. The number of hydrogen-bond acceptors (Lipinski definition) is 5. The fraction of sp³-hybridized carbons (Fsp3) is 0.261. The van der Waals surface area contributed by atoms with E-state index in [4.69, 9.17) is 50.1 Å². The van der Waals surface area contributed by atoms with Crippen LogP contribution >= 0.6 is 34.8 Å². The van der Waals surface area contributed by atoms with Crippen molar-refractivity contribution < 1.29 is 9.53 Å². The Morgan fingerprint density at radius 2 is 1.87 bits per heavy atom. The van der Waals surface area contributed by atoms with Gasteiger partial charge in [-0.2, -0.15) is 10.5 Å². The van der Waals surface area contributed by atoms with Crippen molar-refractivity contribution in [2.45, 2.75) is 17.6 Å². The summed E-state index contributed by atoms with van der Waals surface area (Å²) in [5.74, 6) is -0.496. The second kappa shape index (κ2) is 11.1. The summed E-state index contributed by atoms with van der Waals surface area (Å²) < 4.78 is 3.78. The maximum absolute atomic E-state index is 12.4. The topological polar surface area (TPSA) is 77.1 Å².